The van der Waals surface area contributed by atoms with Crippen LogP contribution in [0.3, 0.4) is 0 Å². The van der Waals surface area contributed by atoms with E-state index in [-0.39, 0.29) is 18.2 Å². The molecule has 106 valence electrons. The van der Waals surface area contributed by atoms with Crippen molar-refractivity contribution in [2.45, 2.75) is 38.5 Å². The van der Waals surface area contributed by atoms with Crippen molar-refractivity contribution < 1.29 is 9.84 Å². The lowest BCUT2D eigenvalue weighted by atomic mass is 9.97. The number of rotatable bonds is 5. The molecular formula is C15H24N2O2. The summed E-state index contributed by atoms with van der Waals surface area (Å²) in [6.07, 6.45) is 0.553. The van der Waals surface area contributed by atoms with Gasteiger partial charge in [-0.05, 0) is 31.0 Å². The van der Waals surface area contributed by atoms with Gasteiger partial charge in [0.05, 0.1) is 18.9 Å². The average molecular weight is 264 g/mol. The van der Waals surface area contributed by atoms with Gasteiger partial charge in [0.15, 0.2) is 0 Å². The summed E-state index contributed by atoms with van der Waals surface area (Å²) in [7, 11) is 0. The third kappa shape index (κ3) is 3.47. The van der Waals surface area contributed by atoms with Crippen molar-refractivity contribution in [1.29, 1.82) is 0 Å². The Balaban J connectivity index is 2.00. The first kappa shape index (κ1) is 14.3. The minimum absolute atomic E-state index is 0.0462. The summed E-state index contributed by atoms with van der Waals surface area (Å²) in [5.74, 6) is 1.13. The molecule has 4 nitrogen and oxygen atoms in total. The Hall–Kier alpha value is -1.10. The van der Waals surface area contributed by atoms with Crippen molar-refractivity contribution in [2.75, 3.05) is 19.7 Å². The van der Waals surface area contributed by atoms with Gasteiger partial charge < -0.3 is 15.6 Å². The van der Waals surface area contributed by atoms with E-state index in [4.69, 9.17) is 10.5 Å². The van der Waals surface area contributed by atoms with Crippen LogP contribution in [0.5, 0.6) is 5.75 Å². The maximum atomic E-state index is 9.58. The lowest BCUT2D eigenvalue weighted by Crippen LogP contribution is -2.44. The van der Waals surface area contributed by atoms with Crippen LogP contribution in [-0.4, -0.2) is 42.0 Å². The second-order valence-corrected chi connectivity index (χ2v) is 5.22. The number of β-amino-alcohol motifs (C(OH)–C–C–N with tert-alkyl or cyclic N) is 1. The van der Waals surface area contributed by atoms with Crippen LogP contribution in [0.4, 0.5) is 0 Å². The zero-order chi connectivity index (χ0) is 13.8. The first-order valence-electron chi connectivity index (χ1n) is 7.02. The number of hydrogen-bond acceptors (Lipinski definition) is 4. The highest BCUT2D eigenvalue weighted by Crippen LogP contribution is 2.25. The maximum Gasteiger partial charge on any atom is 0.119 e. The van der Waals surface area contributed by atoms with Crippen LogP contribution in [0.2, 0.25) is 0 Å². The van der Waals surface area contributed by atoms with Crippen molar-refractivity contribution >= 4 is 0 Å². The number of aliphatic hydroxyl groups is 1. The van der Waals surface area contributed by atoms with Crippen LogP contribution in [0.15, 0.2) is 24.3 Å². The van der Waals surface area contributed by atoms with Gasteiger partial charge >= 0.3 is 0 Å². The minimum Gasteiger partial charge on any atom is -0.494 e. The number of aliphatic hydroxyl groups excluding tert-OH is 1. The molecule has 0 saturated carbocycles. The molecule has 3 atom stereocenters. The summed E-state index contributed by atoms with van der Waals surface area (Å²) < 4.78 is 5.44. The van der Waals surface area contributed by atoms with Gasteiger partial charge in [0.1, 0.15) is 5.75 Å². The first-order chi connectivity index (χ1) is 9.11. The summed E-state index contributed by atoms with van der Waals surface area (Å²) in [5, 5.41) is 9.58. The smallest absolute Gasteiger partial charge is 0.119 e. The van der Waals surface area contributed by atoms with E-state index in [0.29, 0.717) is 13.2 Å². The number of ether oxygens (including phenoxy) is 1. The summed E-state index contributed by atoms with van der Waals surface area (Å²) in [6, 6.07) is 8.12. The Kier molecular flexibility index (Phi) is 4.80. The number of nitrogens with two attached hydrogens (primary N) is 1. The Morgan fingerprint density at radius 3 is 2.63 bits per heavy atom. The summed E-state index contributed by atoms with van der Waals surface area (Å²) in [5.41, 5.74) is 7.50. The lowest BCUT2D eigenvalue weighted by Gasteiger charge is -2.29. The Morgan fingerprint density at radius 2 is 2.11 bits per heavy atom. The van der Waals surface area contributed by atoms with E-state index in [1.54, 1.807) is 0 Å². The van der Waals surface area contributed by atoms with Crippen LogP contribution in [0.1, 0.15) is 31.7 Å². The summed E-state index contributed by atoms with van der Waals surface area (Å²) in [6.45, 7) is 6.35. The largest absolute Gasteiger partial charge is 0.494 e. The molecule has 4 heteroatoms. The predicted octanol–water partition coefficient (Wildman–Crippen LogP) is 1.54. The second kappa shape index (κ2) is 6.37. The number of hydrogen-bond donors (Lipinski definition) is 2. The molecule has 1 fully saturated rings. The zero-order valence-electron chi connectivity index (χ0n) is 11.7. The fraction of sp³-hybridized carbons (Fsp3) is 0.600. The molecule has 0 amide bonds. The highest BCUT2D eigenvalue weighted by molar-refractivity contribution is 5.29. The molecule has 1 aliphatic rings. The molecular weight excluding hydrogens is 240 g/mol. The van der Waals surface area contributed by atoms with E-state index in [0.717, 1.165) is 18.7 Å². The normalized spacial score (nSPS) is 23.3. The fourth-order valence-corrected chi connectivity index (χ4v) is 2.59. The minimum atomic E-state index is -0.224. The fourth-order valence-electron chi connectivity index (χ4n) is 2.59. The van der Waals surface area contributed by atoms with Crippen molar-refractivity contribution in [3.63, 3.8) is 0 Å². The van der Waals surface area contributed by atoms with Crippen molar-refractivity contribution in [3.05, 3.63) is 29.8 Å². The van der Waals surface area contributed by atoms with E-state index in [1.165, 1.54) is 5.56 Å². The molecule has 1 saturated heterocycles. The van der Waals surface area contributed by atoms with Crippen LogP contribution >= 0.6 is 0 Å². The third-order valence-corrected chi connectivity index (χ3v) is 3.85. The Morgan fingerprint density at radius 1 is 1.42 bits per heavy atom. The lowest BCUT2D eigenvalue weighted by molar-refractivity contribution is 0.152. The number of likely N-dealkylation sites (tertiary alicyclic amines) is 1. The summed E-state index contributed by atoms with van der Waals surface area (Å²) >= 11 is 0. The zero-order valence-corrected chi connectivity index (χ0v) is 11.7. The molecule has 1 heterocycles. The van der Waals surface area contributed by atoms with E-state index >= 15 is 0 Å². The molecule has 2 rings (SSSR count). The first-order valence-corrected chi connectivity index (χ1v) is 7.02. The Labute approximate surface area is 115 Å². The van der Waals surface area contributed by atoms with E-state index in [9.17, 15) is 5.11 Å². The quantitative estimate of drug-likeness (QED) is 0.847. The molecule has 0 aliphatic carbocycles. The number of nitrogens with zero attached hydrogens (tertiary/aromatic N) is 1. The van der Waals surface area contributed by atoms with Crippen LogP contribution in [0.25, 0.3) is 0 Å². The molecule has 1 aromatic rings. The van der Waals surface area contributed by atoms with Crippen molar-refractivity contribution in [1.82, 2.24) is 4.90 Å². The average Bonchev–Trinajstić information content (AvgIpc) is 2.85. The number of benzene rings is 1. The molecule has 0 radical (unpaired) electrons. The highest BCUT2D eigenvalue weighted by Gasteiger charge is 2.28. The molecule has 3 N–H and O–H groups in total. The molecule has 0 spiro atoms. The van der Waals surface area contributed by atoms with Gasteiger partial charge in [-0.1, -0.05) is 19.1 Å². The highest BCUT2D eigenvalue weighted by atomic mass is 16.5. The molecule has 0 aromatic heterocycles. The van der Waals surface area contributed by atoms with Gasteiger partial charge in [-0.2, -0.15) is 0 Å². The third-order valence-electron chi connectivity index (χ3n) is 3.85. The SMILES string of the molecule is CCOc1ccc([C@H](C)C(N)N2CC[C@H](O)C2)cc1. The van der Waals surface area contributed by atoms with Crippen molar-refractivity contribution in [2.24, 2.45) is 5.73 Å². The standard InChI is InChI=1S/C15H24N2O2/c1-3-19-14-6-4-12(5-7-14)11(2)15(16)17-9-8-13(18)10-17/h4-7,11,13,15,18H,3,8-10,16H2,1-2H3/t11-,13-,15?/m0/s1. The van der Waals surface area contributed by atoms with Gasteiger partial charge in [-0.25, -0.2) is 0 Å². The van der Waals surface area contributed by atoms with Gasteiger partial charge in [-0.15, -0.1) is 0 Å². The molecule has 19 heavy (non-hydrogen) atoms. The van der Waals surface area contributed by atoms with E-state index in [2.05, 4.69) is 24.0 Å². The van der Waals surface area contributed by atoms with Gasteiger partial charge in [0, 0.05) is 19.0 Å². The maximum absolute atomic E-state index is 9.58. The predicted molar refractivity (Wildman–Crippen MR) is 76.2 cm³/mol. The van der Waals surface area contributed by atoms with Crippen LogP contribution < -0.4 is 10.5 Å². The summed E-state index contributed by atoms with van der Waals surface area (Å²) in [4.78, 5) is 2.16. The van der Waals surface area contributed by atoms with Crippen LogP contribution in [0, 0.1) is 0 Å². The molecule has 1 unspecified atom stereocenters. The van der Waals surface area contributed by atoms with Gasteiger partial charge in [-0.3, -0.25) is 4.90 Å². The van der Waals surface area contributed by atoms with Crippen LogP contribution in [-0.2, 0) is 0 Å². The van der Waals surface area contributed by atoms with Gasteiger partial charge in [0.25, 0.3) is 0 Å². The van der Waals surface area contributed by atoms with E-state index in [1.807, 2.05) is 19.1 Å². The van der Waals surface area contributed by atoms with Gasteiger partial charge in [0.2, 0.25) is 0 Å². The molecule has 1 aromatic carbocycles. The van der Waals surface area contributed by atoms with Crippen molar-refractivity contribution in [3.8, 4) is 5.75 Å². The second-order valence-electron chi connectivity index (χ2n) is 5.22. The monoisotopic (exact) mass is 264 g/mol. The molecule has 0 bridgehead atoms. The topological polar surface area (TPSA) is 58.7 Å². The Bertz CT molecular complexity index is 394. The van der Waals surface area contributed by atoms with E-state index < -0.39 is 0 Å². The molecule has 1 aliphatic heterocycles.